The minimum atomic E-state index is -0.528. The molecule has 1 fully saturated rings. The van der Waals surface area contributed by atoms with Crippen molar-refractivity contribution in [2.45, 2.75) is 18.9 Å². The van der Waals surface area contributed by atoms with Crippen LogP contribution in [0, 0.1) is 11.6 Å². The number of amides is 1. The normalized spacial score (nSPS) is 14.4. The molecule has 8 heteroatoms. The number of hydrogen-bond donors (Lipinski definition) is 2. The van der Waals surface area contributed by atoms with Gasteiger partial charge in [-0.1, -0.05) is 24.3 Å². The van der Waals surface area contributed by atoms with E-state index in [4.69, 9.17) is 0 Å². The molecule has 2 N–H and O–H groups in total. The molecule has 154 valence electrons. The summed E-state index contributed by atoms with van der Waals surface area (Å²) in [5.41, 5.74) is 0.395. The molecule has 4 rings (SSSR count). The summed E-state index contributed by atoms with van der Waals surface area (Å²) in [7, 11) is 0. The molecule has 1 aromatic heterocycles. The molecule has 0 saturated carbocycles. The minimum absolute atomic E-state index is 0.0481. The lowest BCUT2D eigenvalue weighted by Gasteiger charge is -2.32. The van der Waals surface area contributed by atoms with Crippen molar-refractivity contribution in [3.05, 3.63) is 78.0 Å². The zero-order valence-corrected chi connectivity index (χ0v) is 16.2. The fourth-order valence-corrected chi connectivity index (χ4v) is 3.40. The molecule has 1 saturated heterocycles. The highest BCUT2D eigenvalue weighted by molar-refractivity contribution is 5.94. The number of aromatic nitrogens is 2. The van der Waals surface area contributed by atoms with Gasteiger partial charge >= 0.3 is 0 Å². The minimum Gasteiger partial charge on any atom is -0.349 e. The van der Waals surface area contributed by atoms with Crippen molar-refractivity contribution in [3.8, 4) is 0 Å². The van der Waals surface area contributed by atoms with Crippen LogP contribution >= 0.6 is 0 Å². The second-order valence-corrected chi connectivity index (χ2v) is 7.06. The molecule has 0 spiro atoms. The third-order valence-electron chi connectivity index (χ3n) is 5.01. The van der Waals surface area contributed by atoms with Gasteiger partial charge in [-0.15, -0.1) is 0 Å². The molecule has 1 aliphatic heterocycles. The monoisotopic (exact) mass is 409 g/mol. The van der Waals surface area contributed by atoms with Crippen LogP contribution in [0.2, 0.25) is 0 Å². The lowest BCUT2D eigenvalue weighted by molar-refractivity contribution is 0.0927. The zero-order valence-electron chi connectivity index (χ0n) is 16.2. The van der Waals surface area contributed by atoms with E-state index in [0.717, 1.165) is 0 Å². The van der Waals surface area contributed by atoms with E-state index in [9.17, 15) is 13.6 Å². The quantitative estimate of drug-likeness (QED) is 0.669. The second-order valence-electron chi connectivity index (χ2n) is 7.06. The van der Waals surface area contributed by atoms with Crippen LogP contribution in [-0.4, -0.2) is 35.0 Å². The van der Waals surface area contributed by atoms with Gasteiger partial charge < -0.3 is 15.5 Å². The summed E-state index contributed by atoms with van der Waals surface area (Å²) in [4.78, 5) is 23.1. The number of carbonyl (C=O) groups is 1. The van der Waals surface area contributed by atoms with Gasteiger partial charge in [-0.05, 0) is 43.2 Å². The fourth-order valence-electron chi connectivity index (χ4n) is 3.40. The van der Waals surface area contributed by atoms with Gasteiger partial charge in [-0.2, -0.15) is 4.98 Å². The summed E-state index contributed by atoms with van der Waals surface area (Å²) in [5.74, 6) is -0.252. The van der Waals surface area contributed by atoms with Crippen LogP contribution in [0.3, 0.4) is 0 Å². The maximum atomic E-state index is 13.9. The first kappa shape index (κ1) is 19.8. The molecule has 2 heterocycles. The molecule has 0 aliphatic carbocycles. The summed E-state index contributed by atoms with van der Waals surface area (Å²) < 4.78 is 27.6. The Kier molecular flexibility index (Phi) is 5.83. The third kappa shape index (κ3) is 4.53. The Labute approximate surface area is 173 Å². The van der Waals surface area contributed by atoms with E-state index in [2.05, 4.69) is 20.6 Å². The predicted molar refractivity (Wildman–Crippen MR) is 111 cm³/mol. The number of halogens is 2. The Hall–Kier alpha value is -3.55. The number of hydrogen-bond acceptors (Lipinski definition) is 5. The maximum Gasteiger partial charge on any atom is 0.254 e. The van der Waals surface area contributed by atoms with Gasteiger partial charge in [0.15, 0.2) is 0 Å². The van der Waals surface area contributed by atoms with Gasteiger partial charge in [0.2, 0.25) is 5.95 Å². The molecule has 0 atom stereocenters. The van der Waals surface area contributed by atoms with Crippen LogP contribution in [0.1, 0.15) is 23.2 Å². The van der Waals surface area contributed by atoms with E-state index in [1.807, 2.05) is 4.90 Å². The summed E-state index contributed by atoms with van der Waals surface area (Å²) >= 11 is 0. The number of anilines is 3. The topological polar surface area (TPSA) is 70.2 Å². The largest absolute Gasteiger partial charge is 0.349 e. The Morgan fingerprint density at radius 1 is 0.967 bits per heavy atom. The van der Waals surface area contributed by atoms with E-state index in [-0.39, 0.29) is 17.4 Å². The van der Waals surface area contributed by atoms with Gasteiger partial charge in [0, 0.05) is 25.3 Å². The third-order valence-corrected chi connectivity index (χ3v) is 5.01. The second kappa shape index (κ2) is 8.86. The van der Waals surface area contributed by atoms with E-state index in [1.165, 1.54) is 18.2 Å². The fraction of sp³-hybridized carbons (Fsp3) is 0.227. The van der Waals surface area contributed by atoms with Crippen molar-refractivity contribution >= 4 is 23.4 Å². The zero-order chi connectivity index (χ0) is 20.9. The highest BCUT2D eigenvalue weighted by atomic mass is 19.1. The molecule has 3 aromatic rings. The smallest absolute Gasteiger partial charge is 0.254 e. The number of piperidine rings is 1. The van der Waals surface area contributed by atoms with Crippen molar-refractivity contribution in [2.24, 2.45) is 0 Å². The van der Waals surface area contributed by atoms with Crippen molar-refractivity contribution in [2.75, 3.05) is 23.3 Å². The van der Waals surface area contributed by atoms with Crippen LogP contribution < -0.4 is 15.5 Å². The van der Waals surface area contributed by atoms with Gasteiger partial charge in [0.25, 0.3) is 5.91 Å². The number of nitrogens with one attached hydrogen (secondary N) is 2. The Bertz CT molecular complexity index is 1040. The van der Waals surface area contributed by atoms with Crippen LogP contribution in [0.4, 0.5) is 26.2 Å². The molecule has 0 bridgehead atoms. The Morgan fingerprint density at radius 3 is 2.40 bits per heavy atom. The number of benzene rings is 2. The van der Waals surface area contributed by atoms with Crippen molar-refractivity contribution in [1.82, 2.24) is 15.3 Å². The van der Waals surface area contributed by atoms with E-state index in [1.54, 1.807) is 42.6 Å². The molecule has 6 nitrogen and oxygen atoms in total. The van der Waals surface area contributed by atoms with Gasteiger partial charge in [0.05, 0.1) is 11.3 Å². The van der Waals surface area contributed by atoms with Gasteiger partial charge in [0.1, 0.15) is 17.5 Å². The molecule has 0 radical (unpaired) electrons. The number of nitrogens with zero attached hydrogens (tertiary/aromatic N) is 3. The number of rotatable bonds is 5. The average molecular weight is 409 g/mol. The molecule has 1 amide bonds. The van der Waals surface area contributed by atoms with E-state index in [0.29, 0.717) is 43.4 Å². The van der Waals surface area contributed by atoms with Crippen molar-refractivity contribution < 1.29 is 13.6 Å². The molecule has 2 aromatic carbocycles. The Morgan fingerprint density at radius 2 is 1.67 bits per heavy atom. The SMILES string of the molecule is O=C(NC1CCN(c2nccc(Nc3ccccc3F)n2)CC1)c1ccccc1F. The van der Waals surface area contributed by atoms with E-state index < -0.39 is 11.7 Å². The van der Waals surface area contributed by atoms with Crippen LogP contribution in [0.25, 0.3) is 0 Å². The maximum absolute atomic E-state index is 13.9. The molecule has 0 unspecified atom stereocenters. The summed E-state index contributed by atoms with van der Waals surface area (Å²) in [5, 5.41) is 5.86. The van der Waals surface area contributed by atoms with Gasteiger partial charge in [-0.3, -0.25) is 4.79 Å². The standard InChI is InChI=1S/C22H21F2N5O/c23-17-6-2-1-5-16(17)21(30)26-15-10-13-29(14-11-15)22-25-12-9-20(28-22)27-19-8-4-3-7-18(19)24/h1-9,12,15H,10-11,13-14H2,(H,26,30)(H,25,27,28). The van der Waals surface area contributed by atoms with Crippen LogP contribution in [0.5, 0.6) is 0 Å². The molecule has 1 aliphatic rings. The number of para-hydroxylation sites is 1. The Balaban J connectivity index is 1.36. The lowest BCUT2D eigenvalue weighted by atomic mass is 10.0. The number of carbonyl (C=O) groups excluding carboxylic acids is 1. The molecule has 30 heavy (non-hydrogen) atoms. The van der Waals surface area contributed by atoms with Crippen LogP contribution in [-0.2, 0) is 0 Å². The summed E-state index contributed by atoms with van der Waals surface area (Å²) in [6, 6.07) is 14.0. The summed E-state index contributed by atoms with van der Waals surface area (Å²) in [6.45, 7) is 1.29. The van der Waals surface area contributed by atoms with E-state index >= 15 is 0 Å². The molecular weight excluding hydrogens is 388 g/mol. The highest BCUT2D eigenvalue weighted by Crippen LogP contribution is 2.21. The predicted octanol–water partition coefficient (Wildman–Crippen LogP) is 3.90. The van der Waals surface area contributed by atoms with Gasteiger partial charge in [-0.25, -0.2) is 13.8 Å². The van der Waals surface area contributed by atoms with Crippen molar-refractivity contribution in [1.29, 1.82) is 0 Å². The average Bonchev–Trinajstić information content (AvgIpc) is 2.76. The van der Waals surface area contributed by atoms with Crippen LogP contribution in [0.15, 0.2) is 60.8 Å². The highest BCUT2D eigenvalue weighted by Gasteiger charge is 2.23. The van der Waals surface area contributed by atoms with Crippen molar-refractivity contribution in [3.63, 3.8) is 0 Å². The first-order chi connectivity index (χ1) is 14.6. The summed E-state index contributed by atoms with van der Waals surface area (Å²) in [6.07, 6.45) is 3.00. The molecular formula is C22H21F2N5O. The first-order valence-corrected chi connectivity index (χ1v) is 9.75. The first-order valence-electron chi connectivity index (χ1n) is 9.75. The lowest BCUT2D eigenvalue weighted by Crippen LogP contribution is -2.45.